The number of benzene rings is 2. The van der Waals surface area contributed by atoms with Crippen molar-refractivity contribution in [2.24, 2.45) is 7.05 Å². The van der Waals surface area contributed by atoms with Gasteiger partial charge in [-0.15, -0.1) is 0 Å². The zero-order valence-corrected chi connectivity index (χ0v) is 16.1. The first-order chi connectivity index (χ1) is 13.5. The molecular weight excluding hydrogens is 354 g/mol. The van der Waals surface area contributed by atoms with Gasteiger partial charge in [0.15, 0.2) is 0 Å². The summed E-state index contributed by atoms with van der Waals surface area (Å²) in [7, 11) is 1.79. The highest BCUT2D eigenvalue weighted by Crippen LogP contribution is 2.39. The van der Waals surface area contributed by atoms with Crippen molar-refractivity contribution in [2.75, 3.05) is 6.61 Å². The molecule has 2 aromatic carbocycles. The molecule has 1 aliphatic heterocycles. The number of para-hydroxylation sites is 1. The third-order valence-electron chi connectivity index (χ3n) is 5.62. The van der Waals surface area contributed by atoms with E-state index < -0.39 is 5.97 Å². The second-order valence-electron chi connectivity index (χ2n) is 7.31. The van der Waals surface area contributed by atoms with Gasteiger partial charge in [-0.1, -0.05) is 30.3 Å². The van der Waals surface area contributed by atoms with Gasteiger partial charge in [-0.05, 0) is 48.9 Å². The summed E-state index contributed by atoms with van der Waals surface area (Å²) in [4.78, 5) is 24.2. The van der Waals surface area contributed by atoms with Crippen LogP contribution < -0.4 is 10.3 Å². The summed E-state index contributed by atoms with van der Waals surface area (Å²) < 4.78 is 7.71. The number of carboxylic acid groups (broad SMARTS) is 1. The quantitative estimate of drug-likeness (QED) is 0.750. The van der Waals surface area contributed by atoms with E-state index in [2.05, 4.69) is 0 Å². The molecule has 1 N–H and O–H groups in total. The number of ether oxygens (including phenoxy) is 1. The second kappa shape index (κ2) is 7.15. The van der Waals surface area contributed by atoms with Crippen LogP contribution in [0.2, 0.25) is 0 Å². The first-order valence-corrected chi connectivity index (χ1v) is 9.57. The van der Waals surface area contributed by atoms with Crippen molar-refractivity contribution < 1.29 is 14.6 Å². The van der Waals surface area contributed by atoms with Gasteiger partial charge in [0.05, 0.1) is 17.7 Å². The molecular formula is C23H23NO4. The number of carbonyl (C=O) groups is 1. The number of nitrogens with zero attached hydrogens (tertiary/aromatic N) is 1. The molecule has 5 heteroatoms. The van der Waals surface area contributed by atoms with Gasteiger partial charge in [-0.2, -0.15) is 0 Å². The van der Waals surface area contributed by atoms with Gasteiger partial charge in [-0.25, -0.2) is 0 Å². The third-order valence-corrected chi connectivity index (χ3v) is 5.62. The number of carboxylic acids is 1. The average Bonchev–Trinajstić information content (AvgIpc) is 2.71. The standard InChI is InChI=1S/C23H23NO4/c1-14-16-6-3-4-8-19(16)24(2)23(27)21(14)18-11-9-15(10-12-20(25)26)17-7-5-13-28-22(17)18/h3-4,6,8-9,11H,5,7,10,12-13H2,1-2H3,(H,25,26). The molecule has 0 radical (unpaired) electrons. The zero-order chi connectivity index (χ0) is 19.8. The Bertz CT molecular complexity index is 1140. The Morgan fingerprint density at radius 3 is 2.79 bits per heavy atom. The molecule has 0 bridgehead atoms. The van der Waals surface area contributed by atoms with Gasteiger partial charge in [0.2, 0.25) is 0 Å². The van der Waals surface area contributed by atoms with Crippen molar-refractivity contribution in [3.63, 3.8) is 0 Å². The summed E-state index contributed by atoms with van der Waals surface area (Å²) in [5.41, 5.74) is 5.29. The summed E-state index contributed by atoms with van der Waals surface area (Å²) in [6.45, 7) is 2.59. The van der Waals surface area contributed by atoms with E-state index in [1.807, 2.05) is 43.3 Å². The van der Waals surface area contributed by atoms with Gasteiger partial charge in [0, 0.05) is 24.4 Å². The number of aryl methyl sites for hydroxylation is 3. The lowest BCUT2D eigenvalue weighted by molar-refractivity contribution is -0.136. The predicted octanol–water partition coefficient (Wildman–Crippen LogP) is 3.86. The van der Waals surface area contributed by atoms with E-state index in [1.54, 1.807) is 11.6 Å². The maximum absolute atomic E-state index is 13.2. The monoisotopic (exact) mass is 377 g/mol. The van der Waals surface area contributed by atoms with Gasteiger partial charge in [-0.3, -0.25) is 9.59 Å². The normalized spacial score (nSPS) is 13.2. The first kappa shape index (κ1) is 18.3. The number of hydrogen-bond donors (Lipinski definition) is 1. The van der Waals surface area contributed by atoms with E-state index in [0.29, 0.717) is 18.6 Å². The Morgan fingerprint density at radius 2 is 2.00 bits per heavy atom. The molecule has 0 aliphatic carbocycles. The summed E-state index contributed by atoms with van der Waals surface area (Å²) in [5, 5.41) is 10.1. The van der Waals surface area contributed by atoms with Gasteiger partial charge < -0.3 is 14.4 Å². The first-order valence-electron chi connectivity index (χ1n) is 9.57. The minimum absolute atomic E-state index is 0.0501. The topological polar surface area (TPSA) is 68.5 Å². The molecule has 2 heterocycles. The lowest BCUT2D eigenvalue weighted by Gasteiger charge is -2.24. The number of pyridine rings is 1. The minimum Gasteiger partial charge on any atom is -0.493 e. The number of fused-ring (bicyclic) bond motifs is 2. The molecule has 3 aromatic rings. The molecule has 0 fully saturated rings. The molecule has 0 saturated heterocycles. The van der Waals surface area contributed by atoms with Crippen LogP contribution in [0.5, 0.6) is 5.75 Å². The largest absolute Gasteiger partial charge is 0.493 e. The zero-order valence-electron chi connectivity index (χ0n) is 16.1. The number of aliphatic carboxylic acids is 1. The van der Waals surface area contributed by atoms with Crippen LogP contribution in [-0.2, 0) is 24.7 Å². The van der Waals surface area contributed by atoms with Crippen LogP contribution in [0.25, 0.3) is 22.0 Å². The number of hydrogen-bond acceptors (Lipinski definition) is 3. The fourth-order valence-electron chi connectivity index (χ4n) is 4.18. The molecule has 0 atom stereocenters. The van der Waals surface area contributed by atoms with E-state index in [-0.39, 0.29) is 12.0 Å². The second-order valence-corrected chi connectivity index (χ2v) is 7.31. The van der Waals surface area contributed by atoms with E-state index >= 15 is 0 Å². The SMILES string of the molecule is Cc1c(-c2ccc(CCC(=O)O)c3c2OCCC3)c(=O)n(C)c2ccccc12. The lowest BCUT2D eigenvalue weighted by atomic mass is 9.90. The van der Waals surface area contributed by atoms with Crippen LogP contribution >= 0.6 is 0 Å². The van der Waals surface area contributed by atoms with Crippen molar-refractivity contribution >= 4 is 16.9 Å². The molecule has 5 nitrogen and oxygen atoms in total. The van der Waals surface area contributed by atoms with Crippen molar-refractivity contribution in [1.82, 2.24) is 4.57 Å². The molecule has 4 rings (SSSR count). The van der Waals surface area contributed by atoms with Crippen LogP contribution in [0.4, 0.5) is 0 Å². The smallest absolute Gasteiger partial charge is 0.303 e. The van der Waals surface area contributed by atoms with E-state index in [0.717, 1.165) is 51.7 Å². The number of aromatic nitrogens is 1. The van der Waals surface area contributed by atoms with E-state index in [9.17, 15) is 9.59 Å². The van der Waals surface area contributed by atoms with Crippen LogP contribution in [0.1, 0.15) is 29.5 Å². The highest BCUT2D eigenvalue weighted by Gasteiger charge is 2.23. The van der Waals surface area contributed by atoms with Crippen LogP contribution in [0.3, 0.4) is 0 Å². The third kappa shape index (κ3) is 2.97. The molecule has 1 aliphatic rings. The van der Waals surface area contributed by atoms with E-state index in [1.165, 1.54) is 0 Å². The van der Waals surface area contributed by atoms with Gasteiger partial charge >= 0.3 is 5.97 Å². The highest BCUT2D eigenvalue weighted by atomic mass is 16.5. The molecule has 28 heavy (non-hydrogen) atoms. The fourth-order valence-corrected chi connectivity index (χ4v) is 4.18. The van der Waals surface area contributed by atoms with Crippen LogP contribution in [0.15, 0.2) is 41.2 Å². The Morgan fingerprint density at radius 1 is 1.21 bits per heavy atom. The molecule has 0 spiro atoms. The maximum Gasteiger partial charge on any atom is 0.303 e. The molecule has 144 valence electrons. The summed E-state index contributed by atoms with van der Waals surface area (Å²) in [5.74, 6) is -0.0709. The van der Waals surface area contributed by atoms with Crippen molar-refractivity contribution in [2.45, 2.75) is 32.6 Å². The van der Waals surface area contributed by atoms with Crippen LogP contribution in [0, 0.1) is 6.92 Å². The van der Waals surface area contributed by atoms with Crippen LogP contribution in [-0.4, -0.2) is 22.2 Å². The lowest BCUT2D eigenvalue weighted by Crippen LogP contribution is -2.22. The molecule has 0 amide bonds. The van der Waals surface area contributed by atoms with Crippen molar-refractivity contribution in [1.29, 1.82) is 0 Å². The van der Waals surface area contributed by atoms with Crippen molar-refractivity contribution in [3.05, 3.63) is 63.4 Å². The van der Waals surface area contributed by atoms with Gasteiger partial charge in [0.1, 0.15) is 5.75 Å². The highest BCUT2D eigenvalue weighted by molar-refractivity contribution is 5.90. The predicted molar refractivity (Wildman–Crippen MR) is 109 cm³/mol. The minimum atomic E-state index is -0.811. The Hall–Kier alpha value is -3.08. The van der Waals surface area contributed by atoms with E-state index in [4.69, 9.17) is 9.84 Å². The maximum atomic E-state index is 13.2. The molecule has 1 aromatic heterocycles. The Kier molecular flexibility index (Phi) is 4.67. The Labute approximate surface area is 163 Å². The number of rotatable bonds is 4. The fraction of sp³-hybridized carbons (Fsp3) is 0.304. The average molecular weight is 377 g/mol. The van der Waals surface area contributed by atoms with Gasteiger partial charge in [0.25, 0.3) is 5.56 Å². The van der Waals surface area contributed by atoms with Crippen molar-refractivity contribution in [3.8, 4) is 16.9 Å². The molecule has 0 saturated carbocycles. The summed E-state index contributed by atoms with van der Waals surface area (Å²) in [6, 6.07) is 11.8. The summed E-state index contributed by atoms with van der Waals surface area (Å²) >= 11 is 0. The molecule has 0 unspecified atom stereocenters. The summed E-state index contributed by atoms with van der Waals surface area (Å²) in [6.07, 6.45) is 2.29. The Balaban J connectivity index is 1.96.